The van der Waals surface area contributed by atoms with E-state index in [1.54, 1.807) is 4.68 Å². The maximum absolute atomic E-state index is 6.22. The Kier molecular flexibility index (Phi) is 3.91. The van der Waals surface area contributed by atoms with Crippen LogP contribution < -0.4 is 4.74 Å². The number of aromatic nitrogens is 2. The zero-order chi connectivity index (χ0) is 15.0. The number of fused-ring (bicyclic) bond motifs is 1. The van der Waals surface area contributed by atoms with Crippen molar-refractivity contribution >= 4 is 38.3 Å². The van der Waals surface area contributed by atoms with Crippen molar-refractivity contribution in [2.45, 2.75) is 13.5 Å². The van der Waals surface area contributed by atoms with E-state index < -0.39 is 0 Å². The molecular weight excluding hydrogens is 352 g/mol. The van der Waals surface area contributed by atoms with Crippen LogP contribution >= 0.6 is 27.5 Å². The molecule has 0 spiro atoms. The topological polar surface area (TPSA) is 27.1 Å². The van der Waals surface area contributed by atoms with Gasteiger partial charge in [0.05, 0.1) is 16.4 Å². The first kappa shape index (κ1) is 14.4. The predicted octanol–water partition coefficient (Wildman–Crippen LogP) is 4.88. The summed E-state index contributed by atoms with van der Waals surface area (Å²) in [5.74, 6) is 0.819. The highest BCUT2D eigenvalue weighted by molar-refractivity contribution is 9.10. The molecule has 0 bridgehead atoms. The summed E-state index contributed by atoms with van der Waals surface area (Å²) in [4.78, 5) is 0. The van der Waals surface area contributed by atoms with Gasteiger partial charge in [0.15, 0.2) is 0 Å². The van der Waals surface area contributed by atoms with Crippen molar-refractivity contribution in [2.75, 3.05) is 0 Å². The molecule has 0 saturated heterocycles. The third-order valence-electron chi connectivity index (χ3n) is 3.41. The van der Waals surface area contributed by atoms with Gasteiger partial charge in [-0.2, -0.15) is 5.10 Å². The number of aryl methyl sites for hydroxylation is 2. The summed E-state index contributed by atoms with van der Waals surface area (Å²) in [5, 5.41) is 7.26. The Bertz CT molecular complexity index is 813. The number of ether oxygens (including phenoxy) is 1. The van der Waals surface area contributed by atoms with Gasteiger partial charge in [-0.15, -0.1) is 0 Å². The lowest BCUT2D eigenvalue weighted by molar-refractivity contribution is 0.295. The van der Waals surface area contributed by atoms with E-state index in [1.165, 1.54) is 5.39 Å². The minimum absolute atomic E-state index is 0.401. The molecule has 0 N–H and O–H groups in total. The van der Waals surface area contributed by atoms with Gasteiger partial charge in [0, 0.05) is 11.5 Å². The van der Waals surface area contributed by atoms with E-state index >= 15 is 0 Å². The van der Waals surface area contributed by atoms with Gasteiger partial charge in [-0.3, -0.25) is 4.68 Å². The van der Waals surface area contributed by atoms with E-state index in [9.17, 15) is 0 Å². The van der Waals surface area contributed by atoms with Gasteiger partial charge in [-0.05, 0) is 42.0 Å². The molecule has 21 heavy (non-hydrogen) atoms. The van der Waals surface area contributed by atoms with Gasteiger partial charge in [-0.25, -0.2) is 0 Å². The quantitative estimate of drug-likeness (QED) is 0.661. The molecule has 0 fully saturated rings. The molecule has 5 heteroatoms. The Labute approximate surface area is 136 Å². The Balaban J connectivity index is 1.83. The van der Waals surface area contributed by atoms with Crippen molar-refractivity contribution in [1.29, 1.82) is 0 Å². The Hall–Kier alpha value is -1.52. The molecule has 0 saturated carbocycles. The molecular formula is C16H14BrClN2O. The van der Waals surface area contributed by atoms with Crippen LogP contribution in [0, 0.1) is 6.92 Å². The standard InChI is InChI=1S/C16H14BrClN2O/c1-10-16(18)15(20(2)19-10)9-21-14-6-4-11-7-13(17)5-3-12(11)8-14/h3-8H,9H2,1-2H3. The van der Waals surface area contributed by atoms with E-state index in [-0.39, 0.29) is 0 Å². The summed E-state index contributed by atoms with van der Waals surface area (Å²) >= 11 is 9.70. The van der Waals surface area contributed by atoms with Crippen molar-refractivity contribution in [1.82, 2.24) is 9.78 Å². The summed E-state index contributed by atoms with van der Waals surface area (Å²) in [7, 11) is 1.87. The maximum Gasteiger partial charge on any atom is 0.131 e. The molecule has 0 aliphatic heterocycles. The average Bonchev–Trinajstić information content (AvgIpc) is 2.70. The molecule has 3 nitrogen and oxygen atoms in total. The summed E-state index contributed by atoms with van der Waals surface area (Å²) in [6.45, 7) is 2.29. The highest BCUT2D eigenvalue weighted by atomic mass is 79.9. The van der Waals surface area contributed by atoms with Crippen LogP contribution in [-0.2, 0) is 13.7 Å². The molecule has 1 aromatic heterocycles. The van der Waals surface area contributed by atoms with Crippen LogP contribution in [0.2, 0.25) is 5.02 Å². The number of rotatable bonds is 3. The Morgan fingerprint density at radius 3 is 2.62 bits per heavy atom. The molecule has 2 aromatic carbocycles. The minimum atomic E-state index is 0.401. The fraction of sp³-hybridized carbons (Fsp3) is 0.188. The fourth-order valence-electron chi connectivity index (χ4n) is 2.27. The van der Waals surface area contributed by atoms with Crippen molar-refractivity contribution in [3.63, 3.8) is 0 Å². The second kappa shape index (κ2) is 5.70. The molecule has 0 aliphatic rings. The second-order valence-corrected chi connectivity index (χ2v) is 6.21. The zero-order valence-corrected chi connectivity index (χ0v) is 14.1. The number of halogens is 2. The molecule has 0 unspecified atom stereocenters. The largest absolute Gasteiger partial charge is 0.487 e. The lowest BCUT2D eigenvalue weighted by atomic mass is 10.1. The molecule has 0 radical (unpaired) electrons. The smallest absolute Gasteiger partial charge is 0.131 e. The molecule has 108 valence electrons. The first-order valence-electron chi connectivity index (χ1n) is 6.54. The predicted molar refractivity (Wildman–Crippen MR) is 88.9 cm³/mol. The highest BCUT2D eigenvalue weighted by Gasteiger charge is 2.11. The molecule has 0 aliphatic carbocycles. The fourth-order valence-corrected chi connectivity index (χ4v) is 2.87. The number of benzene rings is 2. The normalized spacial score (nSPS) is 11.0. The van der Waals surface area contributed by atoms with Gasteiger partial charge in [0.1, 0.15) is 12.4 Å². The van der Waals surface area contributed by atoms with Gasteiger partial charge in [-0.1, -0.05) is 39.7 Å². The SMILES string of the molecule is Cc1nn(C)c(COc2ccc3cc(Br)ccc3c2)c1Cl. The van der Waals surface area contributed by atoms with Crippen LogP contribution in [0.3, 0.4) is 0 Å². The Morgan fingerprint density at radius 1 is 1.19 bits per heavy atom. The average molecular weight is 366 g/mol. The second-order valence-electron chi connectivity index (χ2n) is 4.91. The van der Waals surface area contributed by atoms with Gasteiger partial charge in [0.25, 0.3) is 0 Å². The number of hydrogen-bond donors (Lipinski definition) is 0. The number of nitrogens with zero attached hydrogens (tertiary/aromatic N) is 2. The van der Waals surface area contributed by atoms with Gasteiger partial charge < -0.3 is 4.74 Å². The minimum Gasteiger partial charge on any atom is -0.487 e. The van der Waals surface area contributed by atoms with Crippen LogP contribution in [0.25, 0.3) is 10.8 Å². The third kappa shape index (κ3) is 2.92. The van der Waals surface area contributed by atoms with Gasteiger partial charge >= 0.3 is 0 Å². The van der Waals surface area contributed by atoms with Crippen molar-refractivity contribution in [3.05, 3.63) is 57.3 Å². The molecule has 1 heterocycles. The third-order valence-corrected chi connectivity index (χ3v) is 4.40. The zero-order valence-electron chi connectivity index (χ0n) is 11.7. The Morgan fingerprint density at radius 2 is 1.90 bits per heavy atom. The molecule has 3 rings (SSSR count). The summed E-state index contributed by atoms with van der Waals surface area (Å²) < 4.78 is 8.68. The van der Waals surface area contributed by atoms with E-state index in [2.05, 4.69) is 33.2 Å². The van der Waals surface area contributed by atoms with E-state index in [0.717, 1.165) is 27.0 Å². The maximum atomic E-state index is 6.22. The highest BCUT2D eigenvalue weighted by Crippen LogP contribution is 2.26. The first-order chi connectivity index (χ1) is 10.0. The molecule has 0 amide bonds. The van der Waals surface area contributed by atoms with Crippen LogP contribution in [0.5, 0.6) is 5.75 Å². The van der Waals surface area contributed by atoms with Crippen molar-refractivity contribution in [2.24, 2.45) is 7.05 Å². The van der Waals surface area contributed by atoms with E-state index in [1.807, 2.05) is 38.2 Å². The van der Waals surface area contributed by atoms with E-state index in [0.29, 0.717) is 11.6 Å². The summed E-state index contributed by atoms with van der Waals surface area (Å²) in [5.41, 5.74) is 1.70. The van der Waals surface area contributed by atoms with Crippen molar-refractivity contribution < 1.29 is 4.74 Å². The van der Waals surface area contributed by atoms with Crippen LogP contribution in [-0.4, -0.2) is 9.78 Å². The molecule has 3 aromatic rings. The number of hydrogen-bond acceptors (Lipinski definition) is 2. The van der Waals surface area contributed by atoms with Crippen molar-refractivity contribution in [3.8, 4) is 5.75 Å². The van der Waals surface area contributed by atoms with Gasteiger partial charge in [0.2, 0.25) is 0 Å². The summed E-state index contributed by atoms with van der Waals surface area (Å²) in [6.07, 6.45) is 0. The van der Waals surface area contributed by atoms with Crippen LogP contribution in [0.4, 0.5) is 0 Å². The monoisotopic (exact) mass is 364 g/mol. The van der Waals surface area contributed by atoms with Crippen LogP contribution in [0.15, 0.2) is 40.9 Å². The van der Waals surface area contributed by atoms with E-state index in [4.69, 9.17) is 16.3 Å². The lowest BCUT2D eigenvalue weighted by Crippen LogP contribution is -2.03. The first-order valence-corrected chi connectivity index (χ1v) is 7.72. The molecule has 0 atom stereocenters. The summed E-state index contributed by atoms with van der Waals surface area (Å²) in [6, 6.07) is 12.2. The van der Waals surface area contributed by atoms with Crippen LogP contribution in [0.1, 0.15) is 11.4 Å². The lowest BCUT2D eigenvalue weighted by Gasteiger charge is -2.08.